The second-order valence-corrected chi connectivity index (χ2v) is 4.28. The minimum Gasteiger partial charge on any atom is -0.399 e. The van der Waals surface area contributed by atoms with Gasteiger partial charge in [0, 0.05) is 17.3 Å². The first-order valence-corrected chi connectivity index (χ1v) is 5.67. The number of nitrogens with one attached hydrogen (secondary N) is 1. The van der Waals surface area contributed by atoms with Crippen molar-refractivity contribution in [3.05, 3.63) is 58.6 Å². The number of anilines is 2. The van der Waals surface area contributed by atoms with Crippen molar-refractivity contribution < 1.29 is 8.78 Å². The number of benzene rings is 2. The van der Waals surface area contributed by atoms with Gasteiger partial charge in [-0.15, -0.1) is 0 Å². The molecule has 0 heterocycles. The topological polar surface area (TPSA) is 38.0 Å². The standard InChI is InChI=1S/C13H11ClF2N2/c14-9-3-1-2-8(4-9)7-18-13-11(15)5-10(17)6-12(13)16/h1-6,18H,7,17H2. The quantitative estimate of drug-likeness (QED) is 0.831. The van der Waals surface area contributed by atoms with Gasteiger partial charge in [0.15, 0.2) is 11.6 Å². The second-order valence-electron chi connectivity index (χ2n) is 3.84. The Kier molecular flexibility index (Phi) is 3.67. The molecule has 0 unspecified atom stereocenters. The summed E-state index contributed by atoms with van der Waals surface area (Å²) in [4.78, 5) is 0. The summed E-state index contributed by atoms with van der Waals surface area (Å²) >= 11 is 5.82. The van der Waals surface area contributed by atoms with Gasteiger partial charge in [-0.2, -0.15) is 0 Å². The minimum absolute atomic E-state index is 0.0540. The fourth-order valence-electron chi connectivity index (χ4n) is 1.60. The molecule has 0 aliphatic heterocycles. The molecule has 0 saturated heterocycles. The summed E-state index contributed by atoms with van der Waals surface area (Å²) in [5.74, 6) is -1.43. The summed E-state index contributed by atoms with van der Waals surface area (Å²) < 4.78 is 27.0. The molecule has 0 radical (unpaired) electrons. The predicted octanol–water partition coefficient (Wildman–Crippen LogP) is 3.81. The molecule has 2 aromatic rings. The molecule has 0 saturated carbocycles. The monoisotopic (exact) mass is 268 g/mol. The Morgan fingerprint density at radius 3 is 2.39 bits per heavy atom. The van der Waals surface area contributed by atoms with Gasteiger partial charge in [0.05, 0.1) is 0 Å². The van der Waals surface area contributed by atoms with E-state index in [4.69, 9.17) is 17.3 Å². The zero-order chi connectivity index (χ0) is 13.1. The maximum absolute atomic E-state index is 13.5. The van der Waals surface area contributed by atoms with Crippen LogP contribution in [0.25, 0.3) is 0 Å². The van der Waals surface area contributed by atoms with Gasteiger partial charge in [0.1, 0.15) is 5.69 Å². The second kappa shape index (κ2) is 5.23. The number of halogens is 3. The van der Waals surface area contributed by atoms with E-state index in [1.807, 2.05) is 6.07 Å². The highest BCUT2D eigenvalue weighted by Gasteiger charge is 2.09. The molecule has 2 aromatic carbocycles. The number of rotatable bonds is 3. The predicted molar refractivity (Wildman–Crippen MR) is 69.5 cm³/mol. The first kappa shape index (κ1) is 12.6. The lowest BCUT2D eigenvalue weighted by molar-refractivity contribution is 0.589. The zero-order valence-corrected chi connectivity index (χ0v) is 10.1. The third kappa shape index (κ3) is 2.90. The third-order valence-corrected chi connectivity index (χ3v) is 2.66. The van der Waals surface area contributed by atoms with Crippen LogP contribution in [0.3, 0.4) is 0 Å². The normalized spacial score (nSPS) is 10.4. The van der Waals surface area contributed by atoms with Crippen LogP contribution in [0.5, 0.6) is 0 Å². The molecular formula is C13H11ClF2N2. The maximum Gasteiger partial charge on any atom is 0.151 e. The Balaban J connectivity index is 2.16. The van der Waals surface area contributed by atoms with Crippen molar-refractivity contribution in [1.29, 1.82) is 0 Å². The molecule has 0 fully saturated rings. The maximum atomic E-state index is 13.5. The summed E-state index contributed by atoms with van der Waals surface area (Å²) in [6, 6.07) is 9.19. The SMILES string of the molecule is Nc1cc(F)c(NCc2cccc(Cl)c2)c(F)c1. The van der Waals surface area contributed by atoms with Crippen LogP contribution in [0.4, 0.5) is 20.2 Å². The van der Waals surface area contributed by atoms with Crippen LogP contribution in [0.1, 0.15) is 5.56 Å². The smallest absolute Gasteiger partial charge is 0.151 e. The van der Waals surface area contributed by atoms with E-state index in [9.17, 15) is 8.78 Å². The van der Waals surface area contributed by atoms with Crippen LogP contribution < -0.4 is 11.1 Å². The van der Waals surface area contributed by atoms with Gasteiger partial charge in [-0.05, 0) is 29.8 Å². The molecule has 3 N–H and O–H groups in total. The summed E-state index contributed by atoms with van der Waals surface area (Å²) in [7, 11) is 0. The highest BCUT2D eigenvalue weighted by molar-refractivity contribution is 6.30. The van der Waals surface area contributed by atoms with Crippen molar-refractivity contribution >= 4 is 23.0 Å². The summed E-state index contributed by atoms with van der Waals surface area (Å²) in [6.07, 6.45) is 0. The van der Waals surface area contributed by atoms with Gasteiger partial charge in [0.2, 0.25) is 0 Å². The average Bonchev–Trinajstić information content (AvgIpc) is 2.27. The molecule has 5 heteroatoms. The largest absolute Gasteiger partial charge is 0.399 e. The zero-order valence-electron chi connectivity index (χ0n) is 9.38. The van der Waals surface area contributed by atoms with Crippen LogP contribution in [-0.4, -0.2) is 0 Å². The van der Waals surface area contributed by atoms with E-state index >= 15 is 0 Å². The lowest BCUT2D eigenvalue weighted by atomic mass is 10.2. The van der Waals surface area contributed by atoms with Gasteiger partial charge >= 0.3 is 0 Å². The fourth-order valence-corrected chi connectivity index (χ4v) is 1.81. The summed E-state index contributed by atoms with van der Waals surface area (Å²) in [5.41, 5.74) is 6.03. The minimum atomic E-state index is -0.713. The molecule has 0 atom stereocenters. The van der Waals surface area contributed by atoms with Crippen molar-refractivity contribution in [1.82, 2.24) is 0 Å². The molecule has 0 aromatic heterocycles. The summed E-state index contributed by atoms with van der Waals surface area (Å²) in [6.45, 7) is 0.276. The molecule has 0 aliphatic carbocycles. The molecule has 18 heavy (non-hydrogen) atoms. The number of hydrogen-bond donors (Lipinski definition) is 2. The van der Waals surface area contributed by atoms with E-state index in [-0.39, 0.29) is 17.9 Å². The van der Waals surface area contributed by atoms with Crippen LogP contribution >= 0.6 is 11.6 Å². The molecule has 2 nitrogen and oxygen atoms in total. The first-order valence-electron chi connectivity index (χ1n) is 5.29. The molecule has 0 bridgehead atoms. The Labute approximate surface area is 108 Å². The number of nitrogen functional groups attached to an aromatic ring is 1. The van der Waals surface area contributed by atoms with Gasteiger partial charge in [-0.25, -0.2) is 8.78 Å². The van der Waals surface area contributed by atoms with Crippen molar-refractivity contribution in [3.63, 3.8) is 0 Å². The number of nitrogens with two attached hydrogens (primary N) is 1. The third-order valence-electron chi connectivity index (χ3n) is 2.42. The van der Waals surface area contributed by atoms with E-state index in [1.165, 1.54) is 0 Å². The van der Waals surface area contributed by atoms with Gasteiger partial charge in [-0.1, -0.05) is 23.7 Å². The highest BCUT2D eigenvalue weighted by Crippen LogP contribution is 2.22. The van der Waals surface area contributed by atoms with Crippen molar-refractivity contribution in [2.24, 2.45) is 0 Å². The molecule has 2 rings (SSSR count). The van der Waals surface area contributed by atoms with Crippen molar-refractivity contribution in [2.75, 3.05) is 11.1 Å². The van der Waals surface area contributed by atoms with Crippen LogP contribution in [0, 0.1) is 11.6 Å². The molecule has 0 amide bonds. The molecule has 0 aliphatic rings. The lowest BCUT2D eigenvalue weighted by Gasteiger charge is -2.09. The molecular weight excluding hydrogens is 258 g/mol. The molecule has 94 valence electrons. The van der Waals surface area contributed by atoms with E-state index in [2.05, 4.69) is 5.32 Å². The van der Waals surface area contributed by atoms with E-state index in [0.717, 1.165) is 17.7 Å². The van der Waals surface area contributed by atoms with Crippen LogP contribution in [-0.2, 0) is 6.54 Å². The molecule has 0 spiro atoms. The van der Waals surface area contributed by atoms with E-state index in [0.29, 0.717) is 5.02 Å². The van der Waals surface area contributed by atoms with E-state index < -0.39 is 11.6 Å². The first-order chi connectivity index (χ1) is 8.56. The summed E-state index contributed by atoms with van der Waals surface area (Å²) in [5, 5.41) is 3.26. The Morgan fingerprint density at radius 2 is 1.78 bits per heavy atom. The van der Waals surface area contributed by atoms with E-state index in [1.54, 1.807) is 18.2 Å². The van der Waals surface area contributed by atoms with Gasteiger partial charge < -0.3 is 11.1 Å². The highest BCUT2D eigenvalue weighted by atomic mass is 35.5. The average molecular weight is 269 g/mol. The lowest BCUT2D eigenvalue weighted by Crippen LogP contribution is -2.04. The van der Waals surface area contributed by atoms with Crippen LogP contribution in [0.2, 0.25) is 5.02 Å². The fraction of sp³-hybridized carbons (Fsp3) is 0.0769. The van der Waals surface area contributed by atoms with Crippen molar-refractivity contribution in [2.45, 2.75) is 6.54 Å². The van der Waals surface area contributed by atoms with Crippen molar-refractivity contribution in [3.8, 4) is 0 Å². The van der Waals surface area contributed by atoms with Gasteiger partial charge in [0.25, 0.3) is 0 Å². The Hall–Kier alpha value is -1.81. The van der Waals surface area contributed by atoms with Crippen LogP contribution in [0.15, 0.2) is 36.4 Å². The van der Waals surface area contributed by atoms with Gasteiger partial charge in [-0.3, -0.25) is 0 Å². The Morgan fingerprint density at radius 1 is 1.11 bits per heavy atom. The Bertz CT molecular complexity index is 550. The number of hydrogen-bond acceptors (Lipinski definition) is 2.